The summed E-state index contributed by atoms with van der Waals surface area (Å²) >= 11 is 0. The average molecular weight is 245 g/mol. The third-order valence-electron chi connectivity index (χ3n) is 2.61. The molecule has 1 aromatic carbocycles. The minimum Gasteiger partial charge on any atom is -0.481 e. The van der Waals surface area contributed by atoms with Gasteiger partial charge in [0.2, 0.25) is 0 Å². The molecule has 0 unspecified atom stereocenters. The van der Waals surface area contributed by atoms with E-state index in [1.807, 2.05) is 26.0 Å². The number of nitrogens with zero attached hydrogens (tertiary/aromatic N) is 3. The van der Waals surface area contributed by atoms with Gasteiger partial charge in [-0.3, -0.25) is 4.79 Å². The Morgan fingerprint density at radius 1 is 1.28 bits per heavy atom. The van der Waals surface area contributed by atoms with E-state index >= 15 is 0 Å². The molecule has 0 fully saturated rings. The Kier molecular flexibility index (Phi) is 3.41. The largest absolute Gasteiger partial charge is 0.481 e. The highest BCUT2D eigenvalue weighted by Crippen LogP contribution is 2.13. The van der Waals surface area contributed by atoms with Crippen molar-refractivity contribution in [2.75, 3.05) is 0 Å². The third kappa shape index (κ3) is 2.94. The standard InChI is InChI=1S/C13H15N3O2/c1-9-5-10(2)7-12(6-9)16-8-11(14-15-16)3-4-13(17)18/h5-8H,3-4H2,1-2H3,(H,17,18). The maximum Gasteiger partial charge on any atom is 0.303 e. The lowest BCUT2D eigenvalue weighted by Crippen LogP contribution is -1.97. The van der Waals surface area contributed by atoms with Crippen LogP contribution in [0.5, 0.6) is 0 Å². The Morgan fingerprint density at radius 3 is 2.56 bits per heavy atom. The molecular formula is C13H15N3O2. The Labute approximate surface area is 105 Å². The van der Waals surface area contributed by atoms with Crippen LogP contribution in [0, 0.1) is 13.8 Å². The number of hydrogen-bond acceptors (Lipinski definition) is 3. The molecular weight excluding hydrogens is 230 g/mol. The summed E-state index contributed by atoms with van der Waals surface area (Å²) in [4.78, 5) is 10.5. The SMILES string of the molecule is Cc1cc(C)cc(-n2cc(CCC(=O)O)nn2)c1. The van der Waals surface area contributed by atoms with Crippen molar-refractivity contribution in [3.8, 4) is 5.69 Å². The summed E-state index contributed by atoms with van der Waals surface area (Å²) in [5, 5.41) is 16.6. The van der Waals surface area contributed by atoms with E-state index in [2.05, 4.69) is 16.4 Å². The van der Waals surface area contributed by atoms with Crippen molar-refractivity contribution in [3.05, 3.63) is 41.2 Å². The maximum absolute atomic E-state index is 10.5. The van der Waals surface area contributed by atoms with Crippen LogP contribution in [0.2, 0.25) is 0 Å². The number of rotatable bonds is 4. The number of aryl methyl sites for hydroxylation is 3. The quantitative estimate of drug-likeness (QED) is 0.893. The first-order valence-electron chi connectivity index (χ1n) is 5.76. The summed E-state index contributed by atoms with van der Waals surface area (Å²) in [7, 11) is 0. The zero-order chi connectivity index (χ0) is 13.1. The van der Waals surface area contributed by atoms with E-state index in [0.717, 1.165) is 16.8 Å². The lowest BCUT2D eigenvalue weighted by atomic mass is 10.1. The van der Waals surface area contributed by atoms with Crippen LogP contribution < -0.4 is 0 Å². The summed E-state index contributed by atoms with van der Waals surface area (Å²) in [6, 6.07) is 6.12. The van der Waals surface area contributed by atoms with Gasteiger partial charge in [-0.2, -0.15) is 0 Å². The van der Waals surface area contributed by atoms with Crippen molar-refractivity contribution < 1.29 is 9.90 Å². The van der Waals surface area contributed by atoms with Crippen molar-refractivity contribution in [1.82, 2.24) is 15.0 Å². The van der Waals surface area contributed by atoms with Crippen LogP contribution in [0.15, 0.2) is 24.4 Å². The van der Waals surface area contributed by atoms with Gasteiger partial charge in [0.1, 0.15) is 0 Å². The number of carboxylic acids is 1. The monoisotopic (exact) mass is 245 g/mol. The van der Waals surface area contributed by atoms with E-state index in [0.29, 0.717) is 12.1 Å². The highest BCUT2D eigenvalue weighted by Gasteiger charge is 2.06. The number of aliphatic carboxylic acids is 1. The van der Waals surface area contributed by atoms with E-state index in [4.69, 9.17) is 5.11 Å². The molecule has 0 aliphatic rings. The molecule has 0 aliphatic heterocycles. The number of benzene rings is 1. The fourth-order valence-electron chi connectivity index (χ4n) is 1.86. The molecule has 2 rings (SSSR count). The average Bonchev–Trinajstić information content (AvgIpc) is 2.73. The predicted octanol–water partition coefficient (Wildman–Crippen LogP) is 1.90. The molecule has 5 nitrogen and oxygen atoms in total. The molecule has 0 aliphatic carbocycles. The van der Waals surface area contributed by atoms with Crippen LogP contribution in [-0.2, 0) is 11.2 Å². The van der Waals surface area contributed by atoms with Gasteiger partial charge in [-0.1, -0.05) is 11.3 Å². The summed E-state index contributed by atoms with van der Waals surface area (Å²) in [5.41, 5.74) is 3.96. The number of carbonyl (C=O) groups is 1. The third-order valence-corrected chi connectivity index (χ3v) is 2.61. The topological polar surface area (TPSA) is 68.0 Å². The summed E-state index contributed by atoms with van der Waals surface area (Å²) < 4.78 is 1.68. The first kappa shape index (κ1) is 12.3. The van der Waals surface area contributed by atoms with Crippen molar-refractivity contribution in [2.45, 2.75) is 26.7 Å². The highest BCUT2D eigenvalue weighted by molar-refractivity contribution is 5.66. The second-order valence-corrected chi connectivity index (χ2v) is 4.39. The zero-order valence-electron chi connectivity index (χ0n) is 10.4. The first-order chi connectivity index (χ1) is 8.54. The van der Waals surface area contributed by atoms with Crippen LogP contribution in [0.4, 0.5) is 0 Å². The zero-order valence-corrected chi connectivity index (χ0v) is 10.4. The Bertz CT molecular complexity index is 555. The summed E-state index contributed by atoms with van der Waals surface area (Å²) in [6.07, 6.45) is 2.25. The Balaban J connectivity index is 2.21. The molecule has 0 amide bonds. The summed E-state index contributed by atoms with van der Waals surface area (Å²) in [5.74, 6) is -0.823. The molecule has 18 heavy (non-hydrogen) atoms. The molecule has 2 aromatic rings. The highest BCUT2D eigenvalue weighted by atomic mass is 16.4. The van der Waals surface area contributed by atoms with Gasteiger partial charge < -0.3 is 5.11 Å². The van der Waals surface area contributed by atoms with Gasteiger partial charge in [0.25, 0.3) is 0 Å². The molecule has 0 saturated heterocycles. The molecule has 0 bridgehead atoms. The lowest BCUT2D eigenvalue weighted by Gasteiger charge is -2.03. The van der Waals surface area contributed by atoms with Crippen molar-refractivity contribution in [1.29, 1.82) is 0 Å². The van der Waals surface area contributed by atoms with E-state index < -0.39 is 5.97 Å². The molecule has 1 aromatic heterocycles. The molecule has 0 atom stereocenters. The van der Waals surface area contributed by atoms with E-state index in [9.17, 15) is 4.79 Å². The van der Waals surface area contributed by atoms with Gasteiger partial charge in [-0.15, -0.1) is 5.10 Å². The maximum atomic E-state index is 10.5. The molecule has 0 saturated carbocycles. The van der Waals surface area contributed by atoms with Gasteiger partial charge in [-0.25, -0.2) is 4.68 Å². The van der Waals surface area contributed by atoms with Crippen LogP contribution in [0.3, 0.4) is 0 Å². The molecule has 1 heterocycles. The molecule has 94 valence electrons. The van der Waals surface area contributed by atoms with E-state index in [1.54, 1.807) is 10.9 Å². The van der Waals surface area contributed by atoms with Crippen molar-refractivity contribution >= 4 is 5.97 Å². The molecule has 0 radical (unpaired) electrons. The number of hydrogen-bond donors (Lipinski definition) is 1. The second-order valence-electron chi connectivity index (χ2n) is 4.39. The lowest BCUT2D eigenvalue weighted by molar-refractivity contribution is -0.136. The molecule has 1 N–H and O–H groups in total. The minimum atomic E-state index is -0.823. The predicted molar refractivity (Wildman–Crippen MR) is 66.8 cm³/mol. The van der Waals surface area contributed by atoms with E-state index in [-0.39, 0.29) is 6.42 Å². The van der Waals surface area contributed by atoms with Crippen molar-refractivity contribution in [3.63, 3.8) is 0 Å². The van der Waals surface area contributed by atoms with Crippen LogP contribution >= 0.6 is 0 Å². The molecule has 5 heteroatoms. The normalized spacial score (nSPS) is 10.6. The van der Waals surface area contributed by atoms with Gasteiger partial charge >= 0.3 is 5.97 Å². The summed E-state index contributed by atoms with van der Waals surface area (Å²) in [6.45, 7) is 4.05. The van der Waals surface area contributed by atoms with Gasteiger partial charge in [0, 0.05) is 6.42 Å². The first-order valence-corrected chi connectivity index (χ1v) is 5.76. The van der Waals surface area contributed by atoms with Gasteiger partial charge in [0.15, 0.2) is 0 Å². The number of carboxylic acid groups (broad SMARTS) is 1. The number of aromatic nitrogens is 3. The smallest absolute Gasteiger partial charge is 0.303 e. The minimum absolute atomic E-state index is 0.0749. The van der Waals surface area contributed by atoms with E-state index in [1.165, 1.54) is 0 Å². The molecule has 0 spiro atoms. The fourth-order valence-corrected chi connectivity index (χ4v) is 1.86. The van der Waals surface area contributed by atoms with Gasteiger partial charge in [-0.05, 0) is 37.1 Å². The Hall–Kier alpha value is -2.17. The second kappa shape index (κ2) is 5.00. The Morgan fingerprint density at radius 2 is 1.94 bits per heavy atom. The van der Waals surface area contributed by atoms with Crippen molar-refractivity contribution in [2.24, 2.45) is 0 Å². The van der Waals surface area contributed by atoms with Crippen LogP contribution in [0.25, 0.3) is 5.69 Å². The fraction of sp³-hybridized carbons (Fsp3) is 0.308. The van der Waals surface area contributed by atoms with Crippen LogP contribution in [-0.4, -0.2) is 26.1 Å². The van der Waals surface area contributed by atoms with Gasteiger partial charge in [0.05, 0.1) is 24.0 Å². The van der Waals surface area contributed by atoms with Crippen LogP contribution in [0.1, 0.15) is 23.2 Å².